The molecule has 1 aliphatic heterocycles. The second-order valence-corrected chi connectivity index (χ2v) is 15.8. The Balaban J connectivity index is 1.57. The van der Waals surface area contributed by atoms with Crippen LogP contribution in [-0.2, 0) is 43.9 Å². The van der Waals surface area contributed by atoms with Crippen molar-refractivity contribution in [1.82, 2.24) is 24.4 Å². The van der Waals surface area contributed by atoms with Crippen LogP contribution in [-0.4, -0.2) is 95.4 Å². The van der Waals surface area contributed by atoms with Crippen LogP contribution in [0.15, 0.2) is 64.9 Å². The number of carbonyl (C=O) groups excluding carboxylic acids is 3. The smallest absolute Gasteiger partial charge is 0.328 e. The maximum Gasteiger partial charge on any atom is 0.328 e. The summed E-state index contributed by atoms with van der Waals surface area (Å²) in [5.41, 5.74) is 7.55. The fraction of sp³-hybridized carbons (Fsp3) is 0.471. The number of rotatable bonds is 17. The molecule has 13 nitrogen and oxygen atoms in total. The second kappa shape index (κ2) is 16.7. The van der Waals surface area contributed by atoms with Gasteiger partial charge in [0, 0.05) is 31.3 Å². The van der Waals surface area contributed by atoms with Crippen molar-refractivity contribution in [3.63, 3.8) is 0 Å². The molecule has 1 aromatic heterocycles. The summed E-state index contributed by atoms with van der Waals surface area (Å²) >= 11 is 1.36. The fourth-order valence-corrected chi connectivity index (χ4v) is 8.11. The molecule has 0 saturated carbocycles. The molecule has 266 valence electrons. The predicted molar refractivity (Wildman–Crippen MR) is 187 cm³/mol. The average Bonchev–Trinajstić information content (AvgIpc) is 3.60. The zero-order chi connectivity index (χ0) is 35.9. The highest BCUT2D eigenvalue weighted by Gasteiger charge is 2.44. The maximum atomic E-state index is 14.1. The number of carbonyl (C=O) groups is 3. The number of amides is 4. The van der Waals surface area contributed by atoms with E-state index in [9.17, 15) is 27.9 Å². The molecular weight excluding hydrogens is 669 g/mol. The van der Waals surface area contributed by atoms with Crippen molar-refractivity contribution in [2.24, 2.45) is 11.8 Å². The normalized spacial score (nSPS) is 15.8. The van der Waals surface area contributed by atoms with Gasteiger partial charge in [-0.2, -0.15) is 4.31 Å². The van der Waals surface area contributed by atoms with Crippen molar-refractivity contribution in [2.45, 2.75) is 70.4 Å². The third-order valence-electron chi connectivity index (χ3n) is 8.07. The Morgan fingerprint density at radius 2 is 1.76 bits per heavy atom. The summed E-state index contributed by atoms with van der Waals surface area (Å²) < 4.78 is 33.8. The van der Waals surface area contributed by atoms with Gasteiger partial charge in [0.25, 0.3) is 5.91 Å². The fourth-order valence-electron chi connectivity index (χ4n) is 5.73. The molecule has 2 aromatic carbocycles. The van der Waals surface area contributed by atoms with Crippen LogP contribution >= 0.6 is 11.3 Å². The first-order valence-corrected chi connectivity index (χ1v) is 18.4. The van der Waals surface area contributed by atoms with Crippen LogP contribution in [0.2, 0.25) is 0 Å². The van der Waals surface area contributed by atoms with Crippen LogP contribution in [0.25, 0.3) is 0 Å². The zero-order valence-corrected chi connectivity index (χ0v) is 30.1. The standard InChI is InChI=1S/C34H46N6O7S2/c1-22(2)16-38(49(45,46)27-13-11-25(35)12-14-27)18-29(41)28(15-24-9-7-6-8-10-24)37-33(43)32(23(3)4)40-19-31(42)39(34(40)44)17-26-21-48-30(36-26)20-47-5/h6-14,21-23,28-29,32,41H,15-20,35H2,1-5H3,(H,37,43)/t28-,29+,32?/m0/s1. The number of urea groups is 1. The molecule has 2 heterocycles. The van der Waals surface area contributed by atoms with Crippen LogP contribution in [0.3, 0.4) is 0 Å². The van der Waals surface area contributed by atoms with Gasteiger partial charge in [-0.15, -0.1) is 11.3 Å². The van der Waals surface area contributed by atoms with Gasteiger partial charge in [0.05, 0.1) is 35.9 Å². The van der Waals surface area contributed by atoms with Gasteiger partial charge < -0.3 is 25.8 Å². The SMILES string of the molecule is COCc1nc(CN2C(=O)CN(C(C(=O)N[C@@H](Cc3ccccc3)[C@H](O)CN(CC(C)C)S(=O)(=O)c3ccc(N)cc3)C(C)C)C2=O)cs1. The highest BCUT2D eigenvalue weighted by atomic mass is 32.2. The summed E-state index contributed by atoms with van der Waals surface area (Å²) in [5.74, 6) is -1.49. The Hall–Kier alpha value is -3.89. The second-order valence-electron chi connectivity index (χ2n) is 12.9. The van der Waals surface area contributed by atoms with E-state index in [1.54, 1.807) is 26.3 Å². The molecule has 0 radical (unpaired) electrons. The number of aromatic nitrogens is 1. The number of sulfonamides is 1. The molecule has 4 rings (SSSR count). The molecule has 1 fully saturated rings. The number of thiazole rings is 1. The molecule has 0 bridgehead atoms. The molecule has 1 aliphatic rings. The van der Waals surface area contributed by atoms with Crippen LogP contribution < -0.4 is 11.1 Å². The third-order valence-corrected chi connectivity index (χ3v) is 10.8. The van der Waals surface area contributed by atoms with Crippen molar-refractivity contribution in [3.05, 3.63) is 76.2 Å². The van der Waals surface area contributed by atoms with Crippen molar-refractivity contribution >= 4 is 44.9 Å². The number of imide groups is 1. The summed E-state index contributed by atoms with van der Waals surface area (Å²) in [7, 11) is -2.48. The first-order valence-electron chi connectivity index (χ1n) is 16.1. The summed E-state index contributed by atoms with van der Waals surface area (Å²) in [5, 5.41) is 17.1. The largest absolute Gasteiger partial charge is 0.399 e. The third kappa shape index (κ3) is 9.63. The van der Waals surface area contributed by atoms with E-state index >= 15 is 0 Å². The number of nitrogens with one attached hydrogen (secondary N) is 1. The van der Waals surface area contributed by atoms with Crippen LogP contribution in [0, 0.1) is 11.8 Å². The van der Waals surface area contributed by atoms with Gasteiger partial charge in [-0.05, 0) is 48.1 Å². The highest BCUT2D eigenvalue weighted by Crippen LogP contribution is 2.24. The monoisotopic (exact) mass is 714 g/mol. The summed E-state index contributed by atoms with van der Waals surface area (Å²) in [4.78, 5) is 47.5. The Labute approximate surface area is 292 Å². The molecular formula is C34H46N6O7S2. The number of nitrogens with two attached hydrogens (primary N) is 1. The topological polar surface area (TPSA) is 175 Å². The first kappa shape index (κ1) is 37.9. The van der Waals surface area contributed by atoms with Gasteiger partial charge in [0.2, 0.25) is 15.9 Å². The van der Waals surface area contributed by atoms with Gasteiger partial charge in [0.1, 0.15) is 17.6 Å². The summed E-state index contributed by atoms with van der Waals surface area (Å²) in [6.07, 6.45) is -1.15. The van der Waals surface area contributed by atoms with E-state index < -0.39 is 52.0 Å². The Morgan fingerprint density at radius 1 is 1.08 bits per heavy atom. The van der Waals surface area contributed by atoms with Crippen LogP contribution in [0.4, 0.5) is 10.5 Å². The average molecular weight is 715 g/mol. The van der Waals surface area contributed by atoms with Gasteiger partial charge in [-0.3, -0.25) is 14.5 Å². The molecule has 3 aromatic rings. The van der Waals surface area contributed by atoms with Crippen molar-refractivity contribution in [2.75, 3.05) is 32.5 Å². The van der Waals surface area contributed by atoms with Crippen molar-refractivity contribution < 1.29 is 32.6 Å². The maximum absolute atomic E-state index is 14.1. The number of nitrogen functional groups attached to an aromatic ring is 1. The molecule has 1 saturated heterocycles. The summed E-state index contributed by atoms with van der Waals surface area (Å²) in [6, 6.07) is 12.5. The Morgan fingerprint density at radius 3 is 2.37 bits per heavy atom. The number of aliphatic hydroxyl groups is 1. The lowest BCUT2D eigenvalue weighted by atomic mass is 9.97. The van der Waals surface area contributed by atoms with Gasteiger partial charge in [-0.25, -0.2) is 18.2 Å². The van der Waals surface area contributed by atoms with Gasteiger partial charge in [0.15, 0.2) is 0 Å². The molecule has 0 aliphatic carbocycles. The number of aliphatic hydroxyl groups excluding tert-OH is 1. The molecule has 3 atom stereocenters. The number of hydrogen-bond acceptors (Lipinski definition) is 10. The number of nitrogens with zero attached hydrogens (tertiary/aromatic N) is 4. The predicted octanol–water partition coefficient (Wildman–Crippen LogP) is 3.10. The van der Waals surface area contributed by atoms with E-state index in [2.05, 4.69) is 10.3 Å². The molecule has 4 amide bonds. The first-order chi connectivity index (χ1) is 23.2. The van der Waals surface area contributed by atoms with Gasteiger partial charge >= 0.3 is 6.03 Å². The molecule has 1 unspecified atom stereocenters. The highest BCUT2D eigenvalue weighted by molar-refractivity contribution is 7.89. The molecule has 49 heavy (non-hydrogen) atoms. The lowest BCUT2D eigenvalue weighted by molar-refractivity contribution is -0.129. The lowest BCUT2D eigenvalue weighted by Gasteiger charge is -2.34. The Kier molecular flexibility index (Phi) is 12.9. The quantitative estimate of drug-likeness (QED) is 0.140. The van der Waals surface area contributed by atoms with Crippen LogP contribution in [0.1, 0.15) is 44.0 Å². The number of ether oxygens (including phenoxy) is 1. The van der Waals surface area contributed by atoms with Crippen molar-refractivity contribution in [1.29, 1.82) is 0 Å². The van der Waals surface area contributed by atoms with Crippen LogP contribution in [0.5, 0.6) is 0 Å². The van der Waals surface area contributed by atoms with E-state index in [-0.39, 0.29) is 43.4 Å². The number of methoxy groups -OCH3 is 1. The Bertz CT molecular complexity index is 1680. The minimum atomic E-state index is -4.04. The molecule has 0 spiro atoms. The number of hydrogen-bond donors (Lipinski definition) is 3. The lowest BCUT2D eigenvalue weighted by Crippen LogP contribution is -2.57. The summed E-state index contributed by atoms with van der Waals surface area (Å²) in [6.45, 7) is 7.09. The molecule has 15 heteroatoms. The minimum absolute atomic E-state index is 0.0346. The van der Waals surface area contributed by atoms with E-state index in [1.807, 2.05) is 44.2 Å². The van der Waals surface area contributed by atoms with E-state index in [4.69, 9.17) is 10.5 Å². The number of benzene rings is 2. The van der Waals surface area contributed by atoms with E-state index in [1.165, 1.54) is 44.8 Å². The van der Waals surface area contributed by atoms with Gasteiger partial charge in [-0.1, -0.05) is 58.0 Å². The van der Waals surface area contributed by atoms with E-state index in [0.717, 1.165) is 10.5 Å². The molecule has 4 N–H and O–H groups in total. The number of anilines is 1. The van der Waals surface area contributed by atoms with E-state index in [0.29, 0.717) is 23.0 Å². The zero-order valence-electron chi connectivity index (χ0n) is 28.5. The minimum Gasteiger partial charge on any atom is -0.399 e. The van der Waals surface area contributed by atoms with Crippen molar-refractivity contribution in [3.8, 4) is 0 Å².